The minimum Gasteiger partial charge on any atom is -0.481 e. The molecular weight excluding hydrogens is 533 g/mol. The fourth-order valence-electron chi connectivity index (χ4n) is 4.58. The molecule has 0 saturated heterocycles. The second-order valence-corrected chi connectivity index (χ2v) is 12.2. The SMILES string of the molecule is CC[C@@H](NC(C)(CCC(C)C(C)(C)C)N=C(C=O)c1cc(F)cc(Cl)c1)C1=CC=C(C(=O)NCCC(=O)O)CC1. The predicted molar refractivity (Wildman–Crippen MR) is 158 cm³/mol. The standard InChI is InChI=1S/C31H43ClFN3O4/c1-7-26(21-8-10-22(11-9-21)29(40)34-15-13-28(38)39)35-31(6,14-12-20(2)30(3,4)5)36-27(19-37)23-16-24(32)18-25(33)17-23/h8,10,16-20,26,35H,7,9,11-15H2,1-6H3,(H,34,40)(H,38,39)/t20?,26-,31?/m1/s1. The van der Waals surface area contributed by atoms with Gasteiger partial charge in [0.25, 0.3) is 0 Å². The van der Waals surface area contributed by atoms with Gasteiger partial charge < -0.3 is 10.4 Å². The predicted octanol–water partition coefficient (Wildman–Crippen LogP) is 6.25. The van der Waals surface area contributed by atoms with Crippen LogP contribution in [-0.2, 0) is 14.4 Å². The fraction of sp³-hybridized carbons (Fsp3) is 0.548. The van der Waals surface area contributed by atoms with Crippen molar-refractivity contribution in [1.82, 2.24) is 10.6 Å². The molecule has 220 valence electrons. The summed E-state index contributed by atoms with van der Waals surface area (Å²) in [6, 6.07) is 3.90. The molecule has 0 saturated carbocycles. The van der Waals surface area contributed by atoms with Crippen LogP contribution >= 0.6 is 11.6 Å². The van der Waals surface area contributed by atoms with Crippen molar-refractivity contribution in [1.29, 1.82) is 0 Å². The zero-order chi connectivity index (χ0) is 30.1. The average Bonchev–Trinajstić information content (AvgIpc) is 2.88. The summed E-state index contributed by atoms with van der Waals surface area (Å²) in [7, 11) is 0. The highest BCUT2D eigenvalue weighted by Gasteiger charge is 2.31. The van der Waals surface area contributed by atoms with Crippen LogP contribution in [0, 0.1) is 17.2 Å². The molecule has 0 spiro atoms. The molecule has 0 radical (unpaired) electrons. The number of carboxylic acid groups (broad SMARTS) is 1. The minimum absolute atomic E-state index is 0.0736. The highest BCUT2D eigenvalue weighted by atomic mass is 35.5. The molecule has 0 heterocycles. The number of benzene rings is 1. The number of nitrogens with zero attached hydrogens (tertiary/aromatic N) is 1. The third kappa shape index (κ3) is 10.3. The number of aliphatic imine (C=N–C) groups is 1. The van der Waals surface area contributed by atoms with Crippen LogP contribution in [-0.4, -0.2) is 47.2 Å². The molecule has 9 heteroatoms. The number of carbonyl (C=O) groups excluding carboxylic acids is 2. The Labute approximate surface area is 242 Å². The highest BCUT2D eigenvalue weighted by Crippen LogP contribution is 2.33. The molecule has 1 amide bonds. The Morgan fingerprint density at radius 1 is 1.18 bits per heavy atom. The van der Waals surface area contributed by atoms with Crippen molar-refractivity contribution >= 4 is 35.5 Å². The van der Waals surface area contributed by atoms with Crippen LogP contribution in [0.3, 0.4) is 0 Å². The summed E-state index contributed by atoms with van der Waals surface area (Å²) in [4.78, 5) is 40.2. The van der Waals surface area contributed by atoms with Crippen molar-refractivity contribution in [2.45, 2.75) is 91.8 Å². The second-order valence-electron chi connectivity index (χ2n) is 11.8. The van der Waals surface area contributed by atoms with E-state index in [1.54, 1.807) is 6.08 Å². The first kappa shape index (κ1) is 33.4. The number of aldehydes is 1. The fourth-order valence-corrected chi connectivity index (χ4v) is 4.80. The average molecular weight is 576 g/mol. The molecule has 2 rings (SSSR count). The summed E-state index contributed by atoms with van der Waals surface area (Å²) in [5.74, 6) is -1.38. The summed E-state index contributed by atoms with van der Waals surface area (Å²) in [5.41, 5.74) is 1.41. The van der Waals surface area contributed by atoms with E-state index < -0.39 is 17.4 Å². The summed E-state index contributed by atoms with van der Waals surface area (Å²) >= 11 is 6.07. The Morgan fingerprint density at radius 2 is 1.88 bits per heavy atom. The Morgan fingerprint density at radius 3 is 2.40 bits per heavy atom. The Balaban J connectivity index is 2.36. The number of carbonyl (C=O) groups is 3. The number of aliphatic carboxylic acids is 1. The molecule has 1 aliphatic carbocycles. The third-order valence-electron chi connectivity index (χ3n) is 7.62. The van der Waals surface area contributed by atoms with Crippen LogP contribution in [0.2, 0.25) is 5.02 Å². The van der Waals surface area contributed by atoms with Gasteiger partial charge in [-0.05, 0) is 68.6 Å². The van der Waals surface area contributed by atoms with E-state index in [1.165, 1.54) is 18.2 Å². The minimum atomic E-state index is -0.960. The Kier molecular flexibility index (Phi) is 12.3. The van der Waals surface area contributed by atoms with Crippen molar-refractivity contribution < 1.29 is 23.9 Å². The van der Waals surface area contributed by atoms with E-state index in [-0.39, 0.29) is 41.1 Å². The zero-order valence-corrected chi connectivity index (χ0v) is 25.2. The maximum Gasteiger partial charge on any atom is 0.305 e. The molecule has 0 aromatic heterocycles. The van der Waals surface area contributed by atoms with Crippen molar-refractivity contribution in [2.24, 2.45) is 16.3 Å². The molecule has 0 fully saturated rings. The van der Waals surface area contributed by atoms with E-state index in [0.29, 0.717) is 42.6 Å². The summed E-state index contributed by atoms with van der Waals surface area (Å²) in [6.45, 7) is 12.9. The van der Waals surface area contributed by atoms with E-state index in [0.717, 1.165) is 18.4 Å². The lowest BCUT2D eigenvalue weighted by Crippen LogP contribution is -2.49. The first-order valence-corrected chi connectivity index (χ1v) is 14.2. The van der Waals surface area contributed by atoms with Crippen LogP contribution in [0.25, 0.3) is 0 Å². The first-order valence-electron chi connectivity index (χ1n) is 13.9. The highest BCUT2D eigenvalue weighted by molar-refractivity contribution is 6.37. The van der Waals surface area contributed by atoms with E-state index in [1.807, 2.05) is 13.0 Å². The quantitative estimate of drug-likeness (QED) is 0.179. The molecule has 0 aliphatic heterocycles. The second kappa shape index (κ2) is 14.7. The van der Waals surface area contributed by atoms with E-state index in [4.69, 9.17) is 21.7 Å². The monoisotopic (exact) mass is 575 g/mol. The molecule has 1 aromatic carbocycles. The number of rotatable bonds is 14. The molecule has 7 nitrogen and oxygen atoms in total. The lowest BCUT2D eigenvalue weighted by molar-refractivity contribution is -0.136. The molecule has 3 N–H and O–H groups in total. The van der Waals surface area contributed by atoms with Gasteiger partial charge in [-0.25, -0.2) is 4.39 Å². The maximum atomic E-state index is 14.1. The van der Waals surface area contributed by atoms with Crippen LogP contribution in [0.1, 0.15) is 85.6 Å². The van der Waals surface area contributed by atoms with Gasteiger partial charge in [0.1, 0.15) is 17.2 Å². The van der Waals surface area contributed by atoms with E-state index >= 15 is 0 Å². The molecular formula is C31H43ClFN3O4. The zero-order valence-electron chi connectivity index (χ0n) is 24.4. The van der Waals surface area contributed by atoms with Gasteiger partial charge in [-0.1, -0.05) is 63.9 Å². The van der Waals surface area contributed by atoms with Crippen molar-refractivity contribution in [3.8, 4) is 0 Å². The number of amides is 1. The third-order valence-corrected chi connectivity index (χ3v) is 7.84. The van der Waals surface area contributed by atoms with Crippen molar-refractivity contribution in [2.75, 3.05) is 6.54 Å². The number of hydrogen-bond acceptors (Lipinski definition) is 5. The molecule has 40 heavy (non-hydrogen) atoms. The van der Waals surface area contributed by atoms with E-state index in [9.17, 15) is 18.8 Å². The van der Waals surface area contributed by atoms with Gasteiger partial charge >= 0.3 is 5.97 Å². The van der Waals surface area contributed by atoms with Gasteiger partial charge in [0.2, 0.25) is 5.91 Å². The number of allylic oxidation sites excluding steroid dienone is 2. The summed E-state index contributed by atoms with van der Waals surface area (Å²) in [5, 5.41) is 15.3. The molecule has 3 atom stereocenters. The van der Waals surface area contributed by atoms with Crippen molar-refractivity contribution in [3.05, 3.63) is 57.9 Å². The molecule has 1 aromatic rings. The van der Waals surface area contributed by atoms with Crippen LogP contribution in [0.4, 0.5) is 4.39 Å². The number of halogens is 2. The number of nitrogens with one attached hydrogen (secondary N) is 2. The smallest absolute Gasteiger partial charge is 0.305 e. The van der Waals surface area contributed by atoms with Gasteiger partial charge in [0, 0.05) is 28.7 Å². The van der Waals surface area contributed by atoms with Gasteiger partial charge in [-0.15, -0.1) is 0 Å². The number of carboxylic acids is 1. The van der Waals surface area contributed by atoms with Gasteiger partial charge in [-0.2, -0.15) is 0 Å². The van der Waals surface area contributed by atoms with Crippen LogP contribution in [0.5, 0.6) is 0 Å². The number of hydrogen-bond donors (Lipinski definition) is 3. The first-order chi connectivity index (χ1) is 18.7. The maximum absolute atomic E-state index is 14.1. The molecule has 0 bridgehead atoms. The molecule has 1 aliphatic rings. The lowest BCUT2D eigenvalue weighted by atomic mass is 9.78. The normalized spacial score (nSPS) is 17.2. The van der Waals surface area contributed by atoms with Gasteiger partial charge in [0.05, 0.1) is 6.42 Å². The Hall–Kier alpha value is -2.84. The topological polar surface area (TPSA) is 108 Å². The molecule has 2 unspecified atom stereocenters. The summed E-state index contributed by atoms with van der Waals surface area (Å²) in [6.07, 6.45) is 7.66. The van der Waals surface area contributed by atoms with E-state index in [2.05, 4.69) is 45.3 Å². The van der Waals surface area contributed by atoms with Gasteiger partial charge in [-0.3, -0.25) is 24.7 Å². The lowest BCUT2D eigenvalue weighted by Gasteiger charge is -2.36. The summed E-state index contributed by atoms with van der Waals surface area (Å²) < 4.78 is 14.1. The van der Waals surface area contributed by atoms with Gasteiger partial charge in [0.15, 0.2) is 6.29 Å². The van der Waals surface area contributed by atoms with Crippen LogP contribution < -0.4 is 10.6 Å². The largest absolute Gasteiger partial charge is 0.481 e. The van der Waals surface area contributed by atoms with Crippen LogP contribution in [0.15, 0.2) is 46.5 Å². The Bertz CT molecular complexity index is 1150. The van der Waals surface area contributed by atoms with Crippen molar-refractivity contribution in [3.63, 3.8) is 0 Å².